The van der Waals surface area contributed by atoms with Crippen LogP contribution in [0.5, 0.6) is 11.6 Å². The van der Waals surface area contributed by atoms with E-state index in [-0.39, 0.29) is 11.8 Å². The van der Waals surface area contributed by atoms with Crippen LogP contribution in [0.15, 0.2) is 48.8 Å². The van der Waals surface area contributed by atoms with Crippen LogP contribution in [0.3, 0.4) is 0 Å². The number of benzene rings is 2. The van der Waals surface area contributed by atoms with E-state index in [0.29, 0.717) is 28.2 Å². The maximum absolute atomic E-state index is 15.5. The predicted molar refractivity (Wildman–Crippen MR) is 129 cm³/mol. The van der Waals surface area contributed by atoms with Crippen molar-refractivity contribution in [2.45, 2.75) is 33.7 Å². The number of nitrogens with one attached hydrogen (secondary N) is 1. The van der Waals surface area contributed by atoms with Crippen LogP contribution in [0.1, 0.15) is 29.4 Å². The molecule has 0 bridgehead atoms. The number of carbonyl (C=O) groups excluding carboxylic acids is 1. The number of hydrogen-bond donors (Lipinski definition) is 1. The van der Waals surface area contributed by atoms with E-state index in [2.05, 4.69) is 27.1 Å². The van der Waals surface area contributed by atoms with E-state index >= 15 is 4.39 Å². The molecule has 34 heavy (non-hydrogen) atoms. The number of aryl methyl sites for hydroxylation is 2. The quantitative estimate of drug-likeness (QED) is 0.440. The summed E-state index contributed by atoms with van der Waals surface area (Å²) in [6.45, 7) is 8.40. The molecule has 0 saturated carbocycles. The molecule has 1 aliphatic rings. The molecule has 2 aromatic heterocycles. The molecule has 1 amide bonds. The summed E-state index contributed by atoms with van der Waals surface area (Å²) < 4.78 is 22.9. The number of ether oxygens (including phenoxy) is 1. The van der Waals surface area contributed by atoms with Crippen LogP contribution in [0, 0.1) is 19.7 Å². The van der Waals surface area contributed by atoms with Gasteiger partial charge in [-0.3, -0.25) is 9.47 Å². The Bertz CT molecular complexity index is 1400. The number of nitrogens with zero attached hydrogens (tertiary/aromatic N) is 4. The first-order valence-corrected chi connectivity index (χ1v) is 11.4. The summed E-state index contributed by atoms with van der Waals surface area (Å²) in [7, 11) is 0. The summed E-state index contributed by atoms with van der Waals surface area (Å²) in [4.78, 5) is 24.0. The maximum Gasteiger partial charge on any atom is 0.330 e. The highest BCUT2D eigenvalue weighted by molar-refractivity contribution is 6.00. The monoisotopic (exact) mass is 459 g/mol. The SMILES string of the molecule is CCN1CCc2c(ncnc2Oc2ccc3c(cc(C)n3C(=O)Nc3cccc(C)c3)c2F)C1. The zero-order valence-corrected chi connectivity index (χ0v) is 19.4. The van der Waals surface area contributed by atoms with Gasteiger partial charge in [0.15, 0.2) is 11.6 Å². The second kappa shape index (κ2) is 8.87. The van der Waals surface area contributed by atoms with Crippen LogP contribution >= 0.6 is 0 Å². The van der Waals surface area contributed by atoms with Crippen molar-refractivity contribution in [3.8, 4) is 11.6 Å². The standard InChI is InChI=1S/C26H26FN5O2/c1-4-31-11-10-19-21(14-31)28-15-29-25(19)34-23-9-8-22-20(24(23)27)13-17(3)32(22)26(33)30-18-7-5-6-16(2)12-18/h5-9,12-13,15H,4,10-11,14H2,1-3H3,(H,30,33). The van der Waals surface area contributed by atoms with E-state index in [1.165, 1.54) is 10.9 Å². The van der Waals surface area contributed by atoms with E-state index in [4.69, 9.17) is 4.74 Å². The van der Waals surface area contributed by atoms with Crippen molar-refractivity contribution >= 4 is 22.6 Å². The molecule has 174 valence electrons. The molecule has 3 heterocycles. The normalized spacial score (nSPS) is 13.6. The van der Waals surface area contributed by atoms with Crippen molar-refractivity contribution in [2.75, 3.05) is 18.4 Å². The lowest BCUT2D eigenvalue weighted by Gasteiger charge is -2.27. The Morgan fingerprint density at radius 2 is 2.03 bits per heavy atom. The number of fused-ring (bicyclic) bond motifs is 2. The van der Waals surface area contributed by atoms with Gasteiger partial charge < -0.3 is 10.1 Å². The topological polar surface area (TPSA) is 72.3 Å². The summed E-state index contributed by atoms with van der Waals surface area (Å²) in [6, 6.07) is 12.1. The minimum Gasteiger partial charge on any atom is -0.436 e. The van der Waals surface area contributed by atoms with Gasteiger partial charge in [-0.2, -0.15) is 0 Å². The average Bonchev–Trinajstić information content (AvgIpc) is 3.17. The number of hydrogen-bond acceptors (Lipinski definition) is 5. The van der Waals surface area contributed by atoms with Crippen molar-refractivity contribution in [1.82, 2.24) is 19.4 Å². The summed E-state index contributed by atoms with van der Waals surface area (Å²) >= 11 is 0. The number of aromatic nitrogens is 3. The number of carbonyl (C=O) groups is 1. The molecule has 1 N–H and O–H groups in total. The number of halogens is 1. The van der Waals surface area contributed by atoms with Crippen LogP contribution in [-0.4, -0.2) is 38.6 Å². The Balaban J connectivity index is 1.46. The minimum absolute atomic E-state index is 0.0718. The molecule has 8 heteroatoms. The van der Waals surface area contributed by atoms with Crippen LogP contribution in [-0.2, 0) is 13.0 Å². The molecule has 2 aromatic carbocycles. The van der Waals surface area contributed by atoms with E-state index in [0.717, 1.165) is 42.9 Å². The molecular weight excluding hydrogens is 433 g/mol. The van der Waals surface area contributed by atoms with Gasteiger partial charge >= 0.3 is 6.03 Å². The number of amides is 1. The van der Waals surface area contributed by atoms with Gasteiger partial charge in [-0.1, -0.05) is 19.1 Å². The highest BCUT2D eigenvalue weighted by atomic mass is 19.1. The van der Waals surface area contributed by atoms with Gasteiger partial charge in [-0.05, 0) is 62.7 Å². The molecule has 5 rings (SSSR count). The van der Waals surface area contributed by atoms with Crippen molar-refractivity contribution in [3.05, 3.63) is 77.1 Å². The van der Waals surface area contributed by atoms with E-state index in [1.54, 1.807) is 25.1 Å². The number of likely N-dealkylation sites (N-methyl/N-ethyl adjacent to an activating group) is 1. The van der Waals surface area contributed by atoms with Crippen LogP contribution < -0.4 is 10.1 Å². The Labute approximate surface area is 197 Å². The molecule has 0 atom stereocenters. The molecule has 1 aliphatic heterocycles. The first kappa shape index (κ1) is 22.0. The van der Waals surface area contributed by atoms with Crippen molar-refractivity contribution in [2.24, 2.45) is 0 Å². The third kappa shape index (κ3) is 4.01. The van der Waals surface area contributed by atoms with E-state index in [1.807, 2.05) is 31.2 Å². The largest absolute Gasteiger partial charge is 0.436 e. The van der Waals surface area contributed by atoms with Gasteiger partial charge in [0.1, 0.15) is 6.33 Å². The smallest absolute Gasteiger partial charge is 0.330 e. The second-order valence-electron chi connectivity index (χ2n) is 8.56. The van der Waals surface area contributed by atoms with Crippen LogP contribution in [0.4, 0.5) is 14.9 Å². The number of anilines is 1. The third-order valence-corrected chi connectivity index (χ3v) is 6.24. The van der Waals surface area contributed by atoms with E-state index < -0.39 is 5.82 Å². The van der Waals surface area contributed by atoms with Gasteiger partial charge in [0.05, 0.1) is 11.2 Å². The number of rotatable bonds is 4. The van der Waals surface area contributed by atoms with Gasteiger partial charge in [0.25, 0.3) is 0 Å². The molecule has 0 radical (unpaired) electrons. The Kier molecular flexibility index (Phi) is 5.75. The molecular formula is C26H26FN5O2. The Morgan fingerprint density at radius 1 is 1.18 bits per heavy atom. The summed E-state index contributed by atoms with van der Waals surface area (Å²) in [5.41, 5.74) is 4.63. The lowest BCUT2D eigenvalue weighted by molar-refractivity contribution is 0.254. The van der Waals surface area contributed by atoms with Crippen molar-refractivity contribution in [3.63, 3.8) is 0 Å². The molecule has 0 unspecified atom stereocenters. The van der Waals surface area contributed by atoms with Crippen LogP contribution in [0.2, 0.25) is 0 Å². The lowest BCUT2D eigenvalue weighted by atomic mass is 10.1. The molecule has 7 nitrogen and oxygen atoms in total. The van der Waals surface area contributed by atoms with Crippen LogP contribution in [0.25, 0.3) is 10.9 Å². The zero-order chi connectivity index (χ0) is 23.8. The van der Waals surface area contributed by atoms with Crippen molar-refractivity contribution in [1.29, 1.82) is 0 Å². The maximum atomic E-state index is 15.5. The molecule has 0 saturated heterocycles. The predicted octanol–water partition coefficient (Wildman–Crippen LogP) is 5.44. The van der Waals surface area contributed by atoms with Gasteiger partial charge in [-0.15, -0.1) is 0 Å². The fourth-order valence-corrected chi connectivity index (χ4v) is 4.45. The van der Waals surface area contributed by atoms with Gasteiger partial charge in [0.2, 0.25) is 5.88 Å². The first-order chi connectivity index (χ1) is 16.4. The average molecular weight is 460 g/mol. The first-order valence-electron chi connectivity index (χ1n) is 11.4. The summed E-state index contributed by atoms with van der Waals surface area (Å²) in [6.07, 6.45) is 2.21. The molecule has 0 aliphatic carbocycles. The third-order valence-electron chi connectivity index (χ3n) is 6.24. The fourth-order valence-electron chi connectivity index (χ4n) is 4.45. The van der Waals surface area contributed by atoms with E-state index in [9.17, 15) is 4.79 Å². The second-order valence-corrected chi connectivity index (χ2v) is 8.56. The summed E-state index contributed by atoms with van der Waals surface area (Å²) in [5, 5.41) is 3.20. The molecule has 0 spiro atoms. The fraction of sp³-hybridized carbons (Fsp3) is 0.269. The molecule has 4 aromatic rings. The molecule has 0 fully saturated rings. The Hall–Kier alpha value is -3.78. The minimum atomic E-state index is -0.527. The van der Waals surface area contributed by atoms with Gasteiger partial charge in [-0.25, -0.2) is 19.2 Å². The Morgan fingerprint density at radius 3 is 2.82 bits per heavy atom. The zero-order valence-electron chi connectivity index (χ0n) is 19.4. The highest BCUT2D eigenvalue weighted by Gasteiger charge is 2.23. The highest BCUT2D eigenvalue weighted by Crippen LogP contribution is 2.34. The summed E-state index contributed by atoms with van der Waals surface area (Å²) in [5.74, 6) is -0.0732. The van der Waals surface area contributed by atoms with Gasteiger partial charge in [0, 0.05) is 35.4 Å². The van der Waals surface area contributed by atoms with Crippen molar-refractivity contribution < 1.29 is 13.9 Å². The lowest BCUT2D eigenvalue weighted by Crippen LogP contribution is -2.31.